The van der Waals surface area contributed by atoms with Crippen LogP contribution in [0.4, 0.5) is 0 Å². The first-order chi connectivity index (χ1) is 7.99. The van der Waals surface area contributed by atoms with Gasteiger partial charge in [0.1, 0.15) is 0 Å². The maximum Gasteiger partial charge on any atom is 1.00 e. The van der Waals surface area contributed by atoms with E-state index in [9.17, 15) is 13.8 Å². The number of esters is 2. The Bertz CT molecular complexity index is 459. The molecule has 0 aliphatic carbocycles. The van der Waals surface area contributed by atoms with Crippen LogP contribution in [0.5, 0.6) is 0 Å². The summed E-state index contributed by atoms with van der Waals surface area (Å²) in [5.41, 5.74) is 0.0144. The van der Waals surface area contributed by atoms with Crippen molar-refractivity contribution in [2.75, 3.05) is 14.2 Å². The average Bonchev–Trinajstić information content (AvgIpc) is 2.36. The van der Waals surface area contributed by atoms with Gasteiger partial charge in [0.15, 0.2) is 11.1 Å². The predicted octanol–water partition coefficient (Wildman–Crippen LogP) is -2.04. The summed E-state index contributed by atoms with van der Waals surface area (Å²) in [5.74, 6) is -1.41. The van der Waals surface area contributed by atoms with Crippen molar-refractivity contribution in [3.05, 3.63) is 29.3 Å². The van der Waals surface area contributed by atoms with Crippen LogP contribution in [0.2, 0.25) is 0 Å². The van der Waals surface area contributed by atoms with Gasteiger partial charge < -0.3 is 15.5 Å². The molecule has 0 fully saturated rings. The van der Waals surface area contributed by atoms with Gasteiger partial charge in [-0.25, -0.2) is 13.8 Å². The van der Waals surface area contributed by atoms with Crippen LogP contribution < -0.4 is 29.6 Å². The normalized spacial score (nSPS) is 11.1. The maximum atomic E-state index is 11.3. The second-order valence-corrected chi connectivity index (χ2v) is 3.95. The summed E-state index contributed by atoms with van der Waals surface area (Å²) in [7, 11) is 2.34. The van der Waals surface area contributed by atoms with E-state index >= 15 is 0 Å². The van der Waals surface area contributed by atoms with Crippen LogP contribution in [0.1, 0.15) is 22.1 Å². The van der Waals surface area contributed by atoms with Crippen molar-refractivity contribution in [1.29, 1.82) is 0 Å². The number of benzene rings is 1. The minimum atomic E-state index is -2.30. The zero-order valence-electron chi connectivity index (χ0n) is 11.1. The van der Waals surface area contributed by atoms with Crippen molar-refractivity contribution in [1.82, 2.24) is 0 Å². The molecule has 1 unspecified atom stereocenters. The van der Waals surface area contributed by atoms with Crippen LogP contribution in [0, 0.1) is 0 Å². The molecule has 0 amide bonds. The van der Waals surface area contributed by atoms with E-state index in [1.807, 2.05) is 0 Å². The molecule has 0 radical (unpaired) electrons. The predicted molar refractivity (Wildman–Crippen MR) is 59.3 cm³/mol. The molecule has 0 bridgehead atoms. The zero-order valence-corrected chi connectivity index (χ0v) is 12.9. The first-order valence-corrected chi connectivity index (χ1v) is 5.53. The monoisotopic (exact) mass is 282 g/mol. The molecule has 1 N–H and O–H groups in total. The Hall–Kier alpha value is -0.730. The van der Waals surface area contributed by atoms with Crippen molar-refractivity contribution in [3.63, 3.8) is 0 Å². The summed E-state index contributed by atoms with van der Waals surface area (Å²) in [6.45, 7) is 0. The molecular weight excluding hydrogens is 271 g/mol. The van der Waals surface area contributed by atoms with E-state index in [1.165, 1.54) is 32.4 Å². The summed E-state index contributed by atoms with van der Waals surface area (Å²) in [5, 5.41) is 0. The van der Waals surface area contributed by atoms with Gasteiger partial charge in [-0.15, -0.1) is 0 Å². The minimum Gasteiger partial charge on any atom is -1.00 e. The van der Waals surface area contributed by atoms with Crippen LogP contribution in [-0.4, -0.2) is 34.9 Å². The van der Waals surface area contributed by atoms with Crippen LogP contribution in [-0.2, 0) is 20.6 Å². The fourth-order valence-corrected chi connectivity index (χ4v) is 1.63. The molecule has 1 atom stereocenters. The van der Waals surface area contributed by atoms with E-state index in [0.29, 0.717) is 0 Å². The van der Waals surface area contributed by atoms with Crippen LogP contribution >= 0.6 is 0 Å². The van der Waals surface area contributed by atoms with Gasteiger partial charge in [-0.05, 0) is 18.2 Å². The van der Waals surface area contributed by atoms with Crippen molar-refractivity contribution in [2.45, 2.75) is 4.90 Å². The van der Waals surface area contributed by atoms with Gasteiger partial charge in [-0.2, -0.15) is 0 Å². The number of ether oxygens (including phenoxy) is 2. The molecular formula is C10H11NaO6S. The van der Waals surface area contributed by atoms with E-state index in [4.69, 9.17) is 4.55 Å². The van der Waals surface area contributed by atoms with Crippen LogP contribution in [0.25, 0.3) is 0 Å². The number of hydrogen-bond donors (Lipinski definition) is 1. The van der Waals surface area contributed by atoms with Gasteiger partial charge >= 0.3 is 41.5 Å². The van der Waals surface area contributed by atoms with Gasteiger partial charge in [0, 0.05) is 0 Å². The number of carbonyl (C=O) groups excluding carboxylic acids is 2. The molecule has 1 aromatic rings. The molecule has 6 nitrogen and oxygen atoms in total. The standard InChI is InChI=1S/C10H10O6S.Na.H/c1-15-9(11)6-3-7(10(12)16-2)5-8(4-6)17(13)14;;/h3-5H,1-2H3,(H,13,14);;/q;+1;-1. The Morgan fingerprint density at radius 2 is 1.50 bits per heavy atom. The molecule has 0 aliphatic rings. The third-order valence-corrected chi connectivity index (χ3v) is 2.59. The van der Waals surface area contributed by atoms with Crippen LogP contribution in [0.15, 0.2) is 23.1 Å². The van der Waals surface area contributed by atoms with E-state index in [0.717, 1.165) is 0 Å². The molecule has 8 heteroatoms. The maximum absolute atomic E-state index is 11.3. The fraction of sp³-hybridized carbons (Fsp3) is 0.200. The molecule has 0 aromatic heterocycles. The van der Waals surface area contributed by atoms with E-state index in [-0.39, 0.29) is 47.0 Å². The molecule has 0 spiro atoms. The molecule has 0 saturated carbocycles. The summed E-state index contributed by atoms with van der Waals surface area (Å²) in [6, 6.07) is 3.58. The summed E-state index contributed by atoms with van der Waals surface area (Å²) < 4.78 is 28.8. The van der Waals surface area contributed by atoms with Crippen LogP contribution in [0.3, 0.4) is 0 Å². The summed E-state index contributed by atoms with van der Waals surface area (Å²) >= 11 is -2.30. The Kier molecular flexibility index (Phi) is 7.34. The van der Waals surface area contributed by atoms with E-state index in [2.05, 4.69) is 9.47 Å². The molecule has 1 aromatic carbocycles. The number of rotatable bonds is 3. The summed E-state index contributed by atoms with van der Waals surface area (Å²) in [6.07, 6.45) is 0. The van der Waals surface area contributed by atoms with Gasteiger partial charge in [-0.1, -0.05) is 0 Å². The first kappa shape index (κ1) is 17.3. The number of carbonyl (C=O) groups is 2. The molecule has 1 rings (SSSR count). The van der Waals surface area contributed by atoms with Crippen molar-refractivity contribution in [2.24, 2.45) is 0 Å². The van der Waals surface area contributed by atoms with Crippen molar-refractivity contribution in [3.8, 4) is 0 Å². The van der Waals surface area contributed by atoms with Crippen molar-refractivity contribution >= 4 is 23.0 Å². The molecule has 0 heterocycles. The van der Waals surface area contributed by atoms with E-state index < -0.39 is 23.0 Å². The number of methoxy groups -OCH3 is 2. The zero-order chi connectivity index (χ0) is 13.0. The Morgan fingerprint density at radius 3 is 1.78 bits per heavy atom. The summed E-state index contributed by atoms with van der Waals surface area (Å²) in [4.78, 5) is 22.5. The van der Waals surface area contributed by atoms with Gasteiger partial charge in [0.05, 0.1) is 30.2 Å². The molecule has 0 saturated heterocycles. The number of hydrogen-bond acceptors (Lipinski definition) is 5. The van der Waals surface area contributed by atoms with Crippen molar-refractivity contribution < 1.29 is 58.8 Å². The smallest absolute Gasteiger partial charge is 1.00 e. The van der Waals surface area contributed by atoms with Gasteiger partial charge in [0.2, 0.25) is 0 Å². The third-order valence-electron chi connectivity index (χ3n) is 1.95. The van der Waals surface area contributed by atoms with Gasteiger partial charge in [0.25, 0.3) is 0 Å². The Balaban J connectivity index is 0. The van der Waals surface area contributed by atoms with Gasteiger partial charge in [-0.3, -0.25) is 0 Å². The molecule has 18 heavy (non-hydrogen) atoms. The second-order valence-electron chi connectivity index (χ2n) is 2.98. The minimum absolute atomic E-state index is 0. The third kappa shape index (κ3) is 4.18. The molecule has 94 valence electrons. The SMILES string of the molecule is COC(=O)c1cc(C(=O)OC)cc(S(=O)O)c1.[H-].[Na+]. The largest absolute Gasteiger partial charge is 1.00 e. The second kappa shape index (κ2) is 7.65. The quantitative estimate of drug-likeness (QED) is 0.390. The first-order valence-electron chi connectivity index (χ1n) is 4.42. The fourth-order valence-electron chi connectivity index (χ4n) is 1.17. The Morgan fingerprint density at radius 1 is 1.11 bits per heavy atom. The average molecular weight is 282 g/mol. The molecule has 0 aliphatic heterocycles. The van der Waals surface area contributed by atoms with E-state index in [1.54, 1.807) is 0 Å². The Labute approximate surface area is 130 Å². The topological polar surface area (TPSA) is 89.9 Å².